The smallest absolute Gasteiger partial charge is 0.219 e. The zero-order valence-corrected chi connectivity index (χ0v) is 19.4. The van der Waals surface area contributed by atoms with Crippen LogP contribution in [0.25, 0.3) is 0 Å². The molecular formula is C20H37IN4O2. The summed E-state index contributed by atoms with van der Waals surface area (Å²) >= 11 is 0. The fourth-order valence-corrected chi connectivity index (χ4v) is 4.69. The molecule has 1 N–H and O–H groups in total. The number of hydrogen-bond acceptors (Lipinski definition) is 3. The van der Waals surface area contributed by atoms with Crippen LogP contribution in [0.4, 0.5) is 0 Å². The van der Waals surface area contributed by atoms with Gasteiger partial charge < -0.3 is 19.9 Å². The van der Waals surface area contributed by atoms with Crippen molar-refractivity contribution in [2.45, 2.75) is 52.4 Å². The molecule has 0 aromatic heterocycles. The SMILES string of the molecule is CCNC(=NCC1CCN(C(C)=O)CC1)N1CCCC2(CCCOC2)C1.I. The van der Waals surface area contributed by atoms with E-state index in [1.165, 1.54) is 25.7 Å². The minimum absolute atomic E-state index is 0. The second-order valence-electron chi connectivity index (χ2n) is 8.33. The first-order chi connectivity index (χ1) is 12.6. The van der Waals surface area contributed by atoms with Crippen molar-refractivity contribution in [2.24, 2.45) is 16.3 Å². The van der Waals surface area contributed by atoms with E-state index in [4.69, 9.17) is 9.73 Å². The molecule has 27 heavy (non-hydrogen) atoms. The minimum Gasteiger partial charge on any atom is -0.381 e. The molecule has 0 saturated carbocycles. The molecule has 3 aliphatic rings. The maximum atomic E-state index is 11.5. The highest BCUT2D eigenvalue weighted by Gasteiger charge is 2.38. The van der Waals surface area contributed by atoms with E-state index in [1.807, 2.05) is 4.90 Å². The van der Waals surface area contributed by atoms with Crippen LogP contribution in [0.5, 0.6) is 0 Å². The summed E-state index contributed by atoms with van der Waals surface area (Å²) in [6.07, 6.45) is 7.13. The number of halogens is 1. The second kappa shape index (κ2) is 10.8. The Morgan fingerprint density at radius 2 is 1.93 bits per heavy atom. The lowest BCUT2D eigenvalue weighted by atomic mass is 9.76. The maximum absolute atomic E-state index is 11.5. The molecule has 0 aromatic carbocycles. The fourth-order valence-electron chi connectivity index (χ4n) is 4.69. The van der Waals surface area contributed by atoms with Crippen LogP contribution in [0.15, 0.2) is 4.99 Å². The molecule has 0 aliphatic carbocycles. The van der Waals surface area contributed by atoms with Crippen molar-refractivity contribution in [1.82, 2.24) is 15.1 Å². The number of ether oxygens (including phenoxy) is 1. The van der Waals surface area contributed by atoms with E-state index in [9.17, 15) is 4.79 Å². The average molecular weight is 492 g/mol. The van der Waals surface area contributed by atoms with Gasteiger partial charge in [0, 0.05) is 58.2 Å². The van der Waals surface area contributed by atoms with Gasteiger partial charge in [-0.15, -0.1) is 24.0 Å². The van der Waals surface area contributed by atoms with Crippen LogP contribution >= 0.6 is 24.0 Å². The van der Waals surface area contributed by atoms with E-state index in [0.717, 1.165) is 71.3 Å². The normalized spacial score (nSPS) is 27.4. The number of amides is 1. The lowest BCUT2D eigenvalue weighted by Gasteiger charge is -2.45. The molecule has 1 amide bonds. The van der Waals surface area contributed by atoms with E-state index in [2.05, 4.69) is 17.1 Å². The van der Waals surface area contributed by atoms with Crippen LogP contribution in [0.2, 0.25) is 0 Å². The van der Waals surface area contributed by atoms with Crippen LogP contribution in [0.1, 0.15) is 52.4 Å². The molecule has 3 rings (SSSR count). The summed E-state index contributed by atoms with van der Waals surface area (Å²) in [6.45, 7) is 11.4. The molecule has 0 aromatic rings. The molecule has 0 bridgehead atoms. The van der Waals surface area contributed by atoms with Gasteiger partial charge in [-0.3, -0.25) is 9.79 Å². The number of nitrogens with one attached hydrogen (secondary N) is 1. The first-order valence-corrected chi connectivity index (χ1v) is 10.5. The first-order valence-electron chi connectivity index (χ1n) is 10.5. The quantitative estimate of drug-likeness (QED) is 0.374. The Morgan fingerprint density at radius 3 is 2.56 bits per heavy atom. The number of hydrogen-bond donors (Lipinski definition) is 1. The first kappa shape index (κ1) is 22.7. The van der Waals surface area contributed by atoms with Gasteiger partial charge in [-0.2, -0.15) is 0 Å². The summed E-state index contributed by atoms with van der Waals surface area (Å²) in [5.74, 6) is 1.87. The maximum Gasteiger partial charge on any atom is 0.219 e. The molecule has 1 atom stereocenters. The Hall–Kier alpha value is -0.570. The number of aliphatic imine (C=N–C) groups is 1. The molecular weight excluding hydrogens is 455 g/mol. The topological polar surface area (TPSA) is 57.2 Å². The van der Waals surface area contributed by atoms with Gasteiger partial charge in [-0.05, 0) is 51.4 Å². The number of piperidine rings is 2. The van der Waals surface area contributed by atoms with Crippen molar-refractivity contribution in [2.75, 3.05) is 52.5 Å². The van der Waals surface area contributed by atoms with Gasteiger partial charge in [0.25, 0.3) is 0 Å². The molecule has 7 heteroatoms. The molecule has 6 nitrogen and oxygen atoms in total. The number of guanidine groups is 1. The van der Waals surface area contributed by atoms with E-state index in [0.29, 0.717) is 11.3 Å². The highest BCUT2D eigenvalue weighted by Crippen LogP contribution is 2.37. The Kier molecular flexibility index (Phi) is 9.11. The Labute approximate surface area is 181 Å². The largest absolute Gasteiger partial charge is 0.381 e. The summed E-state index contributed by atoms with van der Waals surface area (Å²) in [6, 6.07) is 0. The van der Waals surface area contributed by atoms with Crippen LogP contribution in [-0.2, 0) is 9.53 Å². The average Bonchev–Trinajstić information content (AvgIpc) is 2.66. The van der Waals surface area contributed by atoms with Gasteiger partial charge in [0.2, 0.25) is 5.91 Å². The third kappa shape index (κ3) is 6.21. The second-order valence-corrected chi connectivity index (χ2v) is 8.33. The van der Waals surface area contributed by atoms with Crippen LogP contribution in [0, 0.1) is 11.3 Å². The van der Waals surface area contributed by atoms with Gasteiger partial charge in [-0.25, -0.2) is 0 Å². The summed E-state index contributed by atoms with van der Waals surface area (Å²) in [5, 5.41) is 3.51. The fraction of sp³-hybridized carbons (Fsp3) is 0.900. The van der Waals surface area contributed by atoms with Gasteiger partial charge in [0.15, 0.2) is 5.96 Å². The van der Waals surface area contributed by atoms with Crippen LogP contribution in [-0.4, -0.2) is 74.1 Å². The third-order valence-corrected chi connectivity index (χ3v) is 6.26. The number of carbonyl (C=O) groups is 1. The van der Waals surface area contributed by atoms with Crippen molar-refractivity contribution < 1.29 is 9.53 Å². The molecule has 3 saturated heterocycles. The van der Waals surface area contributed by atoms with Crippen molar-refractivity contribution in [3.05, 3.63) is 0 Å². The predicted molar refractivity (Wildman–Crippen MR) is 120 cm³/mol. The molecule has 1 unspecified atom stereocenters. The molecule has 0 radical (unpaired) electrons. The molecule has 3 fully saturated rings. The van der Waals surface area contributed by atoms with Gasteiger partial charge >= 0.3 is 0 Å². The number of carbonyl (C=O) groups excluding carboxylic acids is 1. The Morgan fingerprint density at radius 1 is 1.19 bits per heavy atom. The van der Waals surface area contributed by atoms with Gasteiger partial charge in [0.1, 0.15) is 0 Å². The van der Waals surface area contributed by atoms with Crippen molar-refractivity contribution in [1.29, 1.82) is 0 Å². The van der Waals surface area contributed by atoms with E-state index in [-0.39, 0.29) is 29.9 Å². The third-order valence-electron chi connectivity index (χ3n) is 6.26. The van der Waals surface area contributed by atoms with E-state index < -0.39 is 0 Å². The number of nitrogens with zero attached hydrogens (tertiary/aromatic N) is 3. The molecule has 1 spiro atoms. The predicted octanol–water partition coefficient (Wildman–Crippen LogP) is 2.72. The zero-order valence-electron chi connectivity index (χ0n) is 17.0. The minimum atomic E-state index is 0. The standard InChI is InChI=1S/C20H36N4O2.HI/c1-3-21-19(22-14-18-6-11-23(12-7-18)17(2)25)24-10-4-8-20(15-24)9-5-13-26-16-20;/h18H,3-16H2,1-2H3,(H,21,22);1H. The molecule has 3 aliphatic heterocycles. The van der Waals surface area contributed by atoms with E-state index >= 15 is 0 Å². The number of likely N-dealkylation sites (tertiary alicyclic amines) is 2. The van der Waals surface area contributed by atoms with Crippen molar-refractivity contribution in [3.8, 4) is 0 Å². The summed E-state index contributed by atoms with van der Waals surface area (Å²) in [5.41, 5.74) is 0.333. The van der Waals surface area contributed by atoms with Crippen molar-refractivity contribution >= 4 is 35.8 Å². The Balaban J connectivity index is 0.00000261. The summed E-state index contributed by atoms with van der Waals surface area (Å²) < 4.78 is 5.82. The van der Waals surface area contributed by atoms with Gasteiger partial charge in [0.05, 0.1) is 6.61 Å². The summed E-state index contributed by atoms with van der Waals surface area (Å²) in [4.78, 5) is 20.9. The lowest BCUT2D eigenvalue weighted by Crippen LogP contribution is -2.53. The van der Waals surface area contributed by atoms with E-state index in [1.54, 1.807) is 6.92 Å². The number of rotatable bonds is 3. The highest BCUT2D eigenvalue weighted by molar-refractivity contribution is 14.0. The molecule has 156 valence electrons. The Bertz CT molecular complexity index is 495. The van der Waals surface area contributed by atoms with Crippen molar-refractivity contribution in [3.63, 3.8) is 0 Å². The highest BCUT2D eigenvalue weighted by atomic mass is 127. The van der Waals surface area contributed by atoms with Crippen LogP contribution < -0.4 is 5.32 Å². The summed E-state index contributed by atoms with van der Waals surface area (Å²) in [7, 11) is 0. The zero-order chi connectivity index (χ0) is 18.4. The van der Waals surface area contributed by atoms with Gasteiger partial charge in [-0.1, -0.05) is 0 Å². The van der Waals surface area contributed by atoms with Crippen LogP contribution in [0.3, 0.4) is 0 Å². The lowest BCUT2D eigenvalue weighted by molar-refractivity contribution is -0.130. The monoisotopic (exact) mass is 492 g/mol. The molecule has 3 heterocycles.